The van der Waals surface area contributed by atoms with Gasteiger partial charge in [0, 0.05) is 0 Å². The summed E-state index contributed by atoms with van der Waals surface area (Å²) in [7, 11) is 0. The van der Waals surface area contributed by atoms with Gasteiger partial charge in [0.1, 0.15) is 0 Å². The van der Waals surface area contributed by atoms with Crippen LogP contribution in [0.2, 0.25) is 0 Å². The van der Waals surface area contributed by atoms with Crippen LogP contribution in [-0.4, -0.2) is 5.97 Å². The zero-order valence-electron chi connectivity index (χ0n) is 11.6. The molecule has 2 atom stereocenters. The predicted octanol–water partition coefficient (Wildman–Crippen LogP) is 4.08. The Labute approximate surface area is 105 Å². The van der Waals surface area contributed by atoms with E-state index in [0.29, 0.717) is 5.92 Å². The highest BCUT2D eigenvalue weighted by molar-refractivity contribution is 5.78. The van der Waals surface area contributed by atoms with E-state index in [2.05, 4.69) is 40.7 Å². The summed E-state index contributed by atoms with van der Waals surface area (Å²) in [4.78, 5) is 11.9. The highest BCUT2D eigenvalue weighted by Gasteiger charge is 2.61. The van der Waals surface area contributed by atoms with Gasteiger partial charge in [0.05, 0.1) is 12.2 Å². The van der Waals surface area contributed by atoms with E-state index >= 15 is 0 Å². The Kier molecular flexibility index (Phi) is 4.55. The molecule has 0 N–H and O–H groups in total. The van der Waals surface area contributed by atoms with E-state index in [0.717, 1.165) is 12.8 Å². The molecule has 2 unspecified atom stereocenters. The van der Waals surface area contributed by atoms with Crippen molar-refractivity contribution >= 4 is 5.97 Å². The Morgan fingerprint density at radius 1 is 1.35 bits per heavy atom. The fraction of sp³-hybridized carbons (Fsp3) is 0.667. The molecule has 0 saturated heterocycles. The number of allylic oxidation sites excluding steroid dienone is 3. The van der Waals surface area contributed by atoms with Gasteiger partial charge in [-0.15, -0.1) is 0 Å². The van der Waals surface area contributed by atoms with Crippen molar-refractivity contribution in [1.29, 1.82) is 0 Å². The molecule has 17 heavy (non-hydrogen) atoms. The molecule has 2 nitrogen and oxygen atoms in total. The van der Waals surface area contributed by atoms with Crippen molar-refractivity contribution in [2.75, 3.05) is 0 Å². The number of unbranched alkanes of at least 4 members (excludes halogenated alkanes) is 1. The molecule has 1 saturated carbocycles. The first kappa shape index (κ1) is 14.0. The third kappa shape index (κ3) is 3.45. The zero-order chi connectivity index (χ0) is 13.1. The van der Waals surface area contributed by atoms with Gasteiger partial charge in [-0.05, 0) is 37.7 Å². The normalized spacial score (nSPS) is 25.7. The Bertz CT molecular complexity index is 333. The second-order valence-corrected chi connectivity index (χ2v) is 5.67. The maximum atomic E-state index is 11.9. The Morgan fingerprint density at radius 3 is 2.53 bits per heavy atom. The van der Waals surface area contributed by atoms with Crippen LogP contribution in [0, 0.1) is 17.3 Å². The molecule has 0 spiro atoms. The minimum Gasteiger partial charge on any atom is -0.435 e. The smallest absolute Gasteiger partial charge is 0.314 e. The van der Waals surface area contributed by atoms with Crippen LogP contribution in [0.3, 0.4) is 0 Å². The van der Waals surface area contributed by atoms with Crippen LogP contribution in [0.25, 0.3) is 0 Å². The van der Waals surface area contributed by atoms with Gasteiger partial charge in [-0.2, -0.15) is 0 Å². The summed E-state index contributed by atoms with van der Waals surface area (Å²) < 4.78 is 5.17. The molecule has 1 fully saturated rings. The van der Waals surface area contributed by atoms with Gasteiger partial charge in [0.25, 0.3) is 0 Å². The van der Waals surface area contributed by atoms with E-state index in [9.17, 15) is 4.79 Å². The lowest BCUT2D eigenvalue weighted by atomic mass is 10.1. The largest absolute Gasteiger partial charge is 0.435 e. The van der Waals surface area contributed by atoms with Crippen molar-refractivity contribution < 1.29 is 9.53 Å². The monoisotopic (exact) mass is 236 g/mol. The Morgan fingerprint density at radius 2 is 2.00 bits per heavy atom. The van der Waals surface area contributed by atoms with Crippen molar-refractivity contribution in [3.8, 4) is 0 Å². The summed E-state index contributed by atoms with van der Waals surface area (Å²) in [5, 5.41) is 0. The fourth-order valence-corrected chi connectivity index (χ4v) is 2.22. The second-order valence-electron chi connectivity index (χ2n) is 5.67. The minimum absolute atomic E-state index is 0.0173. The summed E-state index contributed by atoms with van der Waals surface area (Å²) in [6.45, 7) is 10.5. The van der Waals surface area contributed by atoms with Crippen molar-refractivity contribution in [2.24, 2.45) is 17.3 Å². The molecule has 96 valence electrons. The van der Waals surface area contributed by atoms with Gasteiger partial charge in [-0.3, -0.25) is 4.79 Å². The highest BCUT2D eigenvalue weighted by atomic mass is 16.5. The fourth-order valence-electron chi connectivity index (χ4n) is 2.22. The molecule has 0 aliphatic heterocycles. The molecule has 0 bridgehead atoms. The van der Waals surface area contributed by atoms with E-state index in [1.807, 2.05) is 6.08 Å². The van der Waals surface area contributed by atoms with Gasteiger partial charge in [-0.25, -0.2) is 0 Å². The van der Waals surface area contributed by atoms with Crippen LogP contribution in [0.1, 0.15) is 47.5 Å². The molecule has 0 aromatic rings. The van der Waals surface area contributed by atoms with Crippen LogP contribution in [0.15, 0.2) is 24.0 Å². The van der Waals surface area contributed by atoms with Gasteiger partial charge in [-0.1, -0.05) is 38.8 Å². The predicted molar refractivity (Wildman–Crippen MR) is 70.3 cm³/mol. The van der Waals surface area contributed by atoms with Crippen molar-refractivity contribution in [1.82, 2.24) is 0 Å². The molecule has 0 heterocycles. The zero-order valence-corrected chi connectivity index (χ0v) is 11.6. The van der Waals surface area contributed by atoms with Crippen LogP contribution >= 0.6 is 0 Å². The summed E-state index contributed by atoms with van der Waals surface area (Å²) in [5.74, 6) is 0.258. The van der Waals surface area contributed by atoms with Crippen molar-refractivity contribution in [3.05, 3.63) is 24.0 Å². The molecule has 0 amide bonds. The SMILES string of the molecule is CCCC=COC(=O)C1C(C=C(C)C)C1(C)C. The maximum Gasteiger partial charge on any atom is 0.314 e. The molecule has 0 aromatic carbocycles. The van der Waals surface area contributed by atoms with Gasteiger partial charge in [0.15, 0.2) is 0 Å². The number of ether oxygens (including phenoxy) is 1. The van der Waals surface area contributed by atoms with E-state index in [4.69, 9.17) is 4.74 Å². The lowest BCUT2D eigenvalue weighted by Crippen LogP contribution is -2.07. The number of carbonyl (C=O) groups excluding carboxylic acids is 1. The lowest BCUT2D eigenvalue weighted by Gasteiger charge is -2.00. The number of carbonyl (C=O) groups is 1. The first-order valence-corrected chi connectivity index (χ1v) is 6.41. The van der Waals surface area contributed by atoms with Crippen LogP contribution in [0.5, 0.6) is 0 Å². The summed E-state index contributed by atoms with van der Waals surface area (Å²) in [6.07, 6.45) is 7.66. The molecule has 0 radical (unpaired) electrons. The quantitative estimate of drug-likeness (QED) is 0.408. The summed E-state index contributed by atoms with van der Waals surface area (Å²) in [5.41, 5.74) is 1.31. The van der Waals surface area contributed by atoms with Crippen LogP contribution in [0.4, 0.5) is 0 Å². The summed E-state index contributed by atoms with van der Waals surface area (Å²) in [6, 6.07) is 0. The maximum absolute atomic E-state index is 11.9. The molecule has 2 heteroatoms. The van der Waals surface area contributed by atoms with Gasteiger partial charge >= 0.3 is 5.97 Å². The lowest BCUT2D eigenvalue weighted by molar-refractivity contribution is -0.140. The van der Waals surface area contributed by atoms with Crippen LogP contribution < -0.4 is 0 Å². The third-order valence-electron chi connectivity index (χ3n) is 3.41. The number of esters is 1. The molecule has 1 aliphatic rings. The average molecular weight is 236 g/mol. The van der Waals surface area contributed by atoms with Crippen molar-refractivity contribution in [3.63, 3.8) is 0 Å². The molecule has 0 aromatic heterocycles. The Hall–Kier alpha value is -1.05. The van der Waals surface area contributed by atoms with E-state index in [-0.39, 0.29) is 17.3 Å². The molecule has 1 rings (SSSR count). The standard InChI is InChI=1S/C15H24O2/c1-6-7-8-9-17-14(16)13-12(10-11(2)3)15(13,4)5/h8-10,12-13H,6-7H2,1-5H3. The molecular weight excluding hydrogens is 212 g/mol. The van der Waals surface area contributed by atoms with E-state index < -0.39 is 0 Å². The number of rotatable bonds is 5. The summed E-state index contributed by atoms with van der Waals surface area (Å²) >= 11 is 0. The van der Waals surface area contributed by atoms with Crippen molar-refractivity contribution in [2.45, 2.75) is 47.5 Å². The molecule has 1 aliphatic carbocycles. The van der Waals surface area contributed by atoms with E-state index in [1.165, 1.54) is 5.57 Å². The third-order valence-corrected chi connectivity index (χ3v) is 3.41. The second kappa shape index (κ2) is 5.52. The number of hydrogen-bond acceptors (Lipinski definition) is 2. The highest BCUT2D eigenvalue weighted by Crippen LogP contribution is 2.59. The first-order valence-electron chi connectivity index (χ1n) is 6.41. The average Bonchev–Trinajstić information content (AvgIpc) is 2.74. The Balaban J connectivity index is 2.52. The minimum atomic E-state index is -0.0927. The van der Waals surface area contributed by atoms with Gasteiger partial charge in [0.2, 0.25) is 0 Å². The topological polar surface area (TPSA) is 26.3 Å². The van der Waals surface area contributed by atoms with Crippen LogP contribution in [-0.2, 0) is 9.53 Å². The first-order chi connectivity index (χ1) is 7.91. The van der Waals surface area contributed by atoms with E-state index in [1.54, 1.807) is 6.26 Å². The molecular formula is C15H24O2. The number of hydrogen-bond donors (Lipinski definition) is 0. The van der Waals surface area contributed by atoms with Gasteiger partial charge < -0.3 is 4.74 Å².